The minimum atomic E-state index is 1.25. The minimum Gasteiger partial charge on any atom is -0.328 e. The third-order valence-corrected chi connectivity index (χ3v) is 4.81. The van der Waals surface area contributed by atoms with Gasteiger partial charge in [-0.1, -0.05) is 0 Å². The van der Waals surface area contributed by atoms with Crippen molar-refractivity contribution < 1.29 is 8.97 Å². The van der Waals surface area contributed by atoms with E-state index in [1.165, 1.54) is 86.8 Å². The van der Waals surface area contributed by atoms with Gasteiger partial charge in [0, 0.05) is 38.5 Å². The Morgan fingerprint density at radius 2 is 0.812 bits per heavy atom. The molecule has 16 heavy (non-hydrogen) atoms. The van der Waals surface area contributed by atoms with Crippen LogP contribution >= 0.6 is 0 Å². The second kappa shape index (κ2) is 5.05. The summed E-state index contributed by atoms with van der Waals surface area (Å²) in [5.74, 6) is 0. The zero-order valence-corrected chi connectivity index (χ0v) is 11.4. The second-order valence-electron chi connectivity index (χ2n) is 6.74. The lowest BCUT2D eigenvalue weighted by atomic mass is 10.4. The van der Waals surface area contributed by atoms with Crippen LogP contribution in [0.5, 0.6) is 0 Å². The first-order chi connectivity index (χ1) is 7.62. The molecular formula is C14H30N2+2. The fraction of sp³-hybridized carbons (Fsp3) is 1.00. The molecule has 2 nitrogen and oxygen atoms in total. The maximum Gasteiger partial charge on any atom is 0.0788 e. The number of rotatable bonds is 0. The van der Waals surface area contributed by atoms with Crippen molar-refractivity contribution in [2.24, 2.45) is 0 Å². The van der Waals surface area contributed by atoms with Gasteiger partial charge >= 0.3 is 0 Å². The van der Waals surface area contributed by atoms with Gasteiger partial charge in [0.2, 0.25) is 0 Å². The summed E-state index contributed by atoms with van der Waals surface area (Å²) in [7, 11) is 4.60. The highest BCUT2D eigenvalue weighted by Crippen LogP contribution is 2.25. The molecule has 3 saturated heterocycles. The first-order valence-corrected chi connectivity index (χ1v) is 7.29. The molecule has 3 rings (SSSR count). The Bertz CT molecular complexity index is 185. The first kappa shape index (κ1) is 12.4. The maximum atomic E-state index is 2.30. The molecule has 0 aliphatic carbocycles. The van der Waals surface area contributed by atoms with Gasteiger partial charge in [0.1, 0.15) is 0 Å². The van der Waals surface area contributed by atoms with Crippen molar-refractivity contribution >= 4 is 0 Å². The molecule has 0 aromatic carbocycles. The van der Waals surface area contributed by atoms with Crippen LogP contribution in [0.15, 0.2) is 0 Å². The standard InChI is InChI=1S/C8H16N.C6H14N/c1-2-6-9(5-1)7-3-4-8-9;1-7(2)5-3-4-6-7/h1-8H2;3-6H2,1-2H3/q2*+1. The Hall–Kier alpha value is -0.0800. The number of hydrogen-bond acceptors (Lipinski definition) is 0. The van der Waals surface area contributed by atoms with E-state index in [0.29, 0.717) is 0 Å². The third-order valence-electron chi connectivity index (χ3n) is 4.81. The van der Waals surface area contributed by atoms with E-state index in [4.69, 9.17) is 0 Å². The van der Waals surface area contributed by atoms with Crippen LogP contribution in [0.3, 0.4) is 0 Å². The summed E-state index contributed by atoms with van der Waals surface area (Å²) in [5.41, 5.74) is 0. The lowest BCUT2D eigenvalue weighted by Crippen LogP contribution is -2.41. The van der Waals surface area contributed by atoms with Gasteiger partial charge in [-0.25, -0.2) is 0 Å². The second-order valence-corrected chi connectivity index (χ2v) is 6.74. The quantitative estimate of drug-likeness (QED) is 0.556. The Kier molecular flexibility index (Phi) is 3.91. The molecule has 0 radical (unpaired) electrons. The van der Waals surface area contributed by atoms with Gasteiger partial charge in [-0.2, -0.15) is 0 Å². The van der Waals surface area contributed by atoms with E-state index in [2.05, 4.69) is 14.1 Å². The normalized spacial score (nSPS) is 30.4. The van der Waals surface area contributed by atoms with Crippen molar-refractivity contribution in [3.05, 3.63) is 0 Å². The highest BCUT2D eigenvalue weighted by molar-refractivity contribution is 4.60. The van der Waals surface area contributed by atoms with Crippen LogP contribution in [0.4, 0.5) is 0 Å². The lowest BCUT2D eigenvalue weighted by molar-refractivity contribution is -0.904. The van der Waals surface area contributed by atoms with Crippen LogP contribution in [0, 0.1) is 0 Å². The average molecular weight is 226 g/mol. The number of likely N-dealkylation sites (tertiary alicyclic amines) is 1. The van der Waals surface area contributed by atoms with Gasteiger partial charge < -0.3 is 8.97 Å². The summed E-state index contributed by atoms with van der Waals surface area (Å²) in [6.45, 7) is 8.78. The van der Waals surface area contributed by atoms with E-state index in [0.717, 1.165) is 0 Å². The summed E-state index contributed by atoms with van der Waals surface area (Å²) in [5, 5.41) is 0. The van der Waals surface area contributed by atoms with Gasteiger partial charge in [0.05, 0.1) is 53.4 Å². The van der Waals surface area contributed by atoms with Crippen LogP contribution in [-0.2, 0) is 0 Å². The van der Waals surface area contributed by atoms with Gasteiger partial charge in [0.25, 0.3) is 0 Å². The molecule has 3 aliphatic heterocycles. The number of hydrogen-bond donors (Lipinski definition) is 0. The molecule has 3 aliphatic rings. The molecule has 2 heteroatoms. The van der Waals surface area contributed by atoms with Crippen LogP contribution in [0.2, 0.25) is 0 Å². The molecule has 3 heterocycles. The summed E-state index contributed by atoms with van der Waals surface area (Å²) >= 11 is 0. The average Bonchev–Trinajstić information content (AvgIpc) is 2.94. The molecule has 0 atom stereocenters. The van der Waals surface area contributed by atoms with Gasteiger partial charge in [-0.15, -0.1) is 0 Å². The van der Waals surface area contributed by atoms with Gasteiger partial charge in [-0.3, -0.25) is 0 Å². The van der Waals surface area contributed by atoms with Crippen molar-refractivity contribution in [2.75, 3.05) is 53.4 Å². The lowest BCUT2D eigenvalue weighted by Gasteiger charge is -2.27. The summed E-state index contributed by atoms with van der Waals surface area (Å²) in [6, 6.07) is 0. The molecule has 0 unspecified atom stereocenters. The molecule has 1 spiro atoms. The largest absolute Gasteiger partial charge is 0.328 e. The van der Waals surface area contributed by atoms with E-state index in [1.807, 2.05) is 0 Å². The summed E-state index contributed by atoms with van der Waals surface area (Å²) in [6.07, 6.45) is 8.88. The fourth-order valence-electron chi connectivity index (χ4n) is 3.65. The monoisotopic (exact) mass is 226 g/mol. The van der Waals surface area contributed by atoms with Crippen LogP contribution in [0.25, 0.3) is 0 Å². The number of quaternary nitrogens is 2. The fourth-order valence-corrected chi connectivity index (χ4v) is 3.65. The Labute approximate surface area is 101 Å². The molecular weight excluding hydrogens is 196 g/mol. The predicted molar refractivity (Wildman–Crippen MR) is 69.3 cm³/mol. The molecule has 0 saturated carbocycles. The Morgan fingerprint density at radius 1 is 0.500 bits per heavy atom. The van der Waals surface area contributed by atoms with E-state index in [-0.39, 0.29) is 0 Å². The SMILES string of the molecule is C1CC[N+]2(C1)CCCC2.C[N+]1(C)CCCC1. The van der Waals surface area contributed by atoms with E-state index in [1.54, 1.807) is 0 Å². The molecule has 0 aromatic heterocycles. The van der Waals surface area contributed by atoms with E-state index >= 15 is 0 Å². The van der Waals surface area contributed by atoms with Crippen LogP contribution < -0.4 is 0 Å². The first-order valence-electron chi connectivity index (χ1n) is 7.29. The van der Waals surface area contributed by atoms with Crippen molar-refractivity contribution in [3.63, 3.8) is 0 Å². The summed E-state index contributed by atoms with van der Waals surface area (Å²) < 4.78 is 2.75. The highest BCUT2D eigenvalue weighted by Gasteiger charge is 2.34. The zero-order valence-electron chi connectivity index (χ0n) is 11.4. The highest BCUT2D eigenvalue weighted by atomic mass is 15.4. The third kappa shape index (κ3) is 3.21. The maximum absolute atomic E-state index is 2.30. The molecule has 0 aromatic rings. The van der Waals surface area contributed by atoms with Crippen LogP contribution in [0.1, 0.15) is 38.5 Å². The minimum absolute atomic E-state index is 1.25. The van der Waals surface area contributed by atoms with Crippen molar-refractivity contribution in [3.8, 4) is 0 Å². The van der Waals surface area contributed by atoms with Crippen molar-refractivity contribution in [2.45, 2.75) is 38.5 Å². The molecule has 0 bridgehead atoms. The smallest absolute Gasteiger partial charge is 0.0788 e. The zero-order chi connectivity index (χ0) is 11.5. The molecule has 94 valence electrons. The molecule has 0 amide bonds. The van der Waals surface area contributed by atoms with Gasteiger partial charge in [0.15, 0.2) is 0 Å². The van der Waals surface area contributed by atoms with Crippen molar-refractivity contribution in [1.82, 2.24) is 0 Å². The predicted octanol–water partition coefficient (Wildman–Crippen LogP) is 2.25. The van der Waals surface area contributed by atoms with Crippen LogP contribution in [-0.4, -0.2) is 62.3 Å². The van der Waals surface area contributed by atoms with Crippen molar-refractivity contribution in [1.29, 1.82) is 0 Å². The summed E-state index contributed by atoms with van der Waals surface area (Å²) in [4.78, 5) is 0. The van der Waals surface area contributed by atoms with Gasteiger partial charge in [-0.05, 0) is 0 Å². The molecule has 0 N–H and O–H groups in total. The number of nitrogens with zero attached hydrogens (tertiary/aromatic N) is 2. The van der Waals surface area contributed by atoms with E-state index in [9.17, 15) is 0 Å². The Balaban J connectivity index is 0.000000125. The Morgan fingerprint density at radius 3 is 1.06 bits per heavy atom. The van der Waals surface area contributed by atoms with E-state index < -0.39 is 0 Å². The topological polar surface area (TPSA) is 0 Å². The molecule has 3 fully saturated rings.